The van der Waals surface area contributed by atoms with Crippen LogP contribution in [-0.4, -0.2) is 17.0 Å². The number of nitrogens with zero attached hydrogens (tertiary/aromatic N) is 1. The van der Waals surface area contributed by atoms with Crippen LogP contribution in [0.1, 0.15) is 40.3 Å². The van der Waals surface area contributed by atoms with Crippen LogP contribution in [0.2, 0.25) is 0 Å². The molecule has 0 N–H and O–H groups in total. The van der Waals surface area contributed by atoms with E-state index in [-0.39, 0.29) is 18.6 Å². The molecule has 3 unspecified atom stereocenters. The van der Waals surface area contributed by atoms with Crippen molar-refractivity contribution in [3.05, 3.63) is 24.5 Å². The van der Waals surface area contributed by atoms with E-state index in [4.69, 9.17) is 9.47 Å². The molecule has 1 heterocycles. The van der Waals surface area contributed by atoms with Gasteiger partial charge in [0.25, 0.3) is 0 Å². The van der Waals surface area contributed by atoms with Crippen LogP contribution in [0.25, 0.3) is 0 Å². The molecule has 0 radical (unpaired) electrons. The fourth-order valence-corrected chi connectivity index (χ4v) is 1.39. The molecule has 0 saturated carbocycles. The van der Waals surface area contributed by atoms with Crippen LogP contribution >= 0.6 is 0 Å². The van der Waals surface area contributed by atoms with E-state index in [1.54, 1.807) is 0 Å². The fraction of sp³-hybridized carbons (Fsp3) is 0.667. The first kappa shape index (κ1) is 12.3. The molecule has 0 aliphatic rings. The van der Waals surface area contributed by atoms with Gasteiger partial charge in [-0.2, -0.15) is 0 Å². The van der Waals surface area contributed by atoms with Crippen molar-refractivity contribution in [1.82, 2.24) is 4.57 Å². The Kier molecular flexibility index (Phi) is 4.85. The number of hydrogen-bond acceptors (Lipinski definition) is 2. The van der Waals surface area contributed by atoms with Crippen LogP contribution in [0.3, 0.4) is 0 Å². The van der Waals surface area contributed by atoms with Crippen molar-refractivity contribution in [3.8, 4) is 0 Å². The summed E-state index contributed by atoms with van der Waals surface area (Å²) in [6.07, 6.45) is 5.07. The Morgan fingerprint density at radius 2 is 1.67 bits per heavy atom. The molecule has 1 aromatic heterocycles. The Morgan fingerprint density at radius 1 is 1.07 bits per heavy atom. The minimum atomic E-state index is -0.169. The van der Waals surface area contributed by atoms with Crippen LogP contribution in [-0.2, 0) is 9.47 Å². The first-order valence-corrected chi connectivity index (χ1v) is 5.56. The predicted molar refractivity (Wildman–Crippen MR) is 60.5 cm³/mol. The molecule has 3 heteroatoms. The maximum absolute atomic E-state index is 5.71. The highest BCUT2D eigenvalue weighted by Gasteiger charge is 2.11. The molecular weight excluding hydrogens is 190 g/mol. The SMILES string of the molecule is CCC(C)OC(C)OC(C)n1cccc1. The molecule has 1 aromatic rings. The van der Waals surface area contributed by atoms with Crippen LogP contribution in [0, 0.1) is 0 Å². The second-order valence-corrected chi connectivity index (χ2v) is 3.79. The molecule has 0 spiro atoms. The molecule has 1 rings (SSSR count). The second-order valence-electron chi connectivity index (χ2n) is 3.79. The number of rotatable bonds is 6. The molecule has 15 heavy (non-hydrogen) atoms. The molecule has 0 bridgehead atoms. The second kappa shape index (κ2) is 5.93. The van der Waals surface area contributed by atoms with E-state index in [1.807, 2.05) is 42.9 Å². The zero-order chi connectivity index (χ0) is 11.3. The summed E-state index contributed by atoms with van der Waals surface area (Å²) in [6.45, 7) is 8.11. The molecule has 0 fully saturated rings. The monoisotopic (exact) mass is 211 g/mol. The lowest BCUT2D eigenvalue weighted by Gasteiger charge is -2.23. The quantitative estimate of drug-likeness (QED) is 0.675. The zero-order valence-corrected chi connectivity index (χ0v) is 10.0. The zero-order valence-electron chi connectivity index (χ0n) is 10.0. The van der Waals surface area contributed by atoms with E-state index >= 15 is 0 Å². The predicted octanol–water partition coefficient (Wildman–Crippen LogP) is 3.18. The van der Waals surface area contributed by atoms with Gasteiger partial charge in [-0.3, -0.25) is 0 Å². The van der Waals surface area contributed by atoms with Crippen molar-refractivity contribution in [1.29, 1.82) is 0 Å². The summed E-state index contributed by atoms with van der Waals surface area (Å²) in [5.41, 5.74) is 0. The summed E-state index contributed by atoms with van der Waals surface area (Å²) in [6, 6.07) is 3.97. The Balaban J connectivity index is 2.34. The lowest BCUT2D eigenvalue weighted by atomic mass is 10.3. The molecule has 0 aliphatic heterocycles. The number of ether oxygens (including phenoxy) is 2. The van der Waals surface area contributed by atoms with Gasteiger partial charge in [0.2, 0.25) is 0 Å². The van der Waals surface area contributed by atoms with Gasteiger partial charge in [-0.05, 0) is 39.3 Å². The maximum Gasteiger partial charge on any atom is 0.157 e. The molecule has 3 atom stereocenters. The van der Waals surface area contributed by atoms with Crippen LogP contribution in [0.4, 0.5) is 0 Å². The van der Waals surface area contributed by atoms with E-state index in [2.05, 4.69) is 13.8 Å². The summed E-state index contributed by atoms with van der Waals surface area (Å²) in [5, 5.41) is 0. The van der Waals surface area contributed by atoms with Gasteiger partial charge in [-0.1, -0.05) is 6.92 Å². The first-order chi connectivity index (χ1) is 7.13. The highest BCUT2D eigenvalue weighted by atomic mass is 16.7. The van der Waals surface area contributed by atoms with Crippen molar-refractivity contribution >= 4 is 0 Å². The van der Waals surface area contributed by atoms with Crippen molar-refractivity contribution in [2.45, 2.75) is 52.7 Å². The van der Waals surface area contributed by atoms with E-state index in [0.29, 0.717) is 0 Å². The summed E-state index contributed by atoms with van der Waals surface area (Å²) in [4.78, 5) is 0. The van der Waals surface area contributed by atoms with Gasteiger partial charge >= 0.3 is 0 Å². The van der Waals surface area contributed by atoms with E-state index < -0.39 is 0 Å². The highest BCUT2D eigenvalue weighted by Crippen LogP contribution is 2.13. The van der Waals surface area contributed by atoms with Gasteiger partial charge in [0.1, 0.15) is 6.23 Å². The van der Waals surface area contributed by atoms with Gasteiger partial charge < -0.3 is 14.0 Å². The topological polar surface area (TPSA) is 23.4 Å². The lowest BCUT2D eigenvalue weighted by Crippen LogP contribution is -2.22. The molecule has 3 nitrogen and oxygen atoms in total. The van der Waals surface area contributed by atoms with Gasteiger partial charge in [0.05, 0.1) is 6.10 Å². The highest BCUT2D eigenvalue weighted by molar-refractivity contribution is 4.91. The van der Waals surface area contributed by atoms with Crippen molar-refractivity contribution in [2.24, 2.45) is 0 Å². The van der Waals surface area contributed by atoms with Crippen molar-refractivity contribution < 1.29 is 9.47 Å². The number of aromatic nitrogens is 1. The van der Waals surface area contributed by atoms with Crippen LogP contribution < -0.4 is 0 Å². The Labute approximate surface area is 92.0 Å². The third-order valence-corrected chi connectivity index (χ3v) is 2.43. The van der Waals surface area contributed by atoms with Crippen LogP contribution in [0.5, 0.6) is 0 Å². The van der Waals surface area contributed by atoms with Crippen molar-refractivity contribution in [3.63, 3.8) is 0 Å². The molecular formula is C12H21NO2. The van der Waals surface area contributed by atoms with E-state index in [0.717, 1.165) is 6.42 Å². The standard InChI is InChI=1S/C12H21NO2/c1-5-10(2)14-12(4)15-11(3)13-8-6-7-9-13/h6-12H,5H2,1-4H3. The fourth-order valence-electron chi connectivity index (χ4n) is 1.39. The molecule has 0 saturated heterocycles. The van der Waals surface area contributed by atoms with E-state index in [1.165, 1.54) is 0 Å². The Morgan fingerprint density at radius 3 is 2.20 bits per heavy atom. The summed E-state index contributed by atoms with van der Waals surface area (Å²) in [7, 11) is 0. The van der Waals surface area contributed by atoms with Crippen molar-refractivity contribution in [2.75, 3.05) is 0 Å². The Bertz CT molecular complexity index is 259. The van der Waals surface area contributed by atoms with Gasteiger partial charge in [0.15, 0.2) is 6.29 Å². The molecule has 0 aromatic carbocycles. The normalized spacial score (nSPS) is 17.3. The molecule has 86 valence electrons. The summed E-state index contributed by atoms with van der Waals surface area (Å²) < 4.78 is 13.4. The summed E-state index contributed by atoms with van der Waals surface area (Å²) in [5.74, 6) is 0. The average Bonchev–Trinajstić information content (AvgIpc) is 2.70. The Hall–Kier alpha value is -0.800. The largest absolute Gasteiger partial charge is 0.350 e. The third-order valence-electron chi connectivity index (χ3n) is 2.43. The minimum Gasteiger partial charge on any atom is -0.350 e. The summed E-state index contributed by atoms with van der Waals surface area (Å²) >= 11 is 0. The minimum absolute atomic E-state index is 0.0130. The first-order valence-electron chi connectivity index (χ1n) is 5.56. The van der Waals surface area contributed by atoms with E-state index in [9.17, 15) is 0 Å². The lowest BCUT2D eigenvalue weighted by molar-refractivity contribution is -0.194. The third kappa shape index (κ3) is 4.06. The van der Waals surface area contributed by atoms with Crippen LogP contribution in [0.15, 0.2) is 24.5 Å². The smallest absolute Gasteiger partial charge is 0.157 e. The maximum atomic E-state index is 5.71. The average molecular weight is 211 g/mol. The van der Waals surface area contributed by atoms with Gasteiger partial charge in [-0.25, -0.2) is 0 Å². The van der Waals surface area contributed by atoms with Gasteiger partial charge in [-0.15, -0.1) is 0 Å². The molecule has 0 amide bonds. The van der Waals surface area contributed by atoms with Gasteiger partial charge in [0, 0.05) is 12.4 Å². The number of hydrogen-bond donors (Lipinski definition) is 0. The molecule has 0 aliphatic carbocycles.